The van der Waals surface area contributed by atoms with Crippen LogP contribution < -0.4 is 26.0 Å². The van der Waals surface area contributed by atoms with E-state index in [-0.39, 0.29) is 42.8 Å². The second-order valence-electron chi connectivity index (χ2n) is 13.1. The van der Waals surface area contributed by atoms with Gasteiger partial charge in [-0.25, -0.2) is 0 Å². The lowest BCUT2D eigenvalue weighted by Crippen LogP contribution is -2.53. The normalized spacial score (nSPS) is 21.3. The van der Waals surface area contributed by atoms with Crippen molar-refractivity contribution in [1.82, 2.24) is 31.1 Å². The molecule has 2 aromatic rings. The van der Waals surface area contributed by atoms with E-state index in [1.807, 2.05) is 44.2 Å². The predicted molar refractivity (Wildman–Crippen MR) is 182 cm³/mol. The van der Waals surface area contributed by atoms with E-state index in [9.17, 15) is 28.8 Å². The SMILES string of the molecule is CC(C)C[C@H]1NC(=O)C[C@@H](C(=O)NCCCN2CCCC2=O)NC(=O)c2ccccc2OC[C@@H](Cc2ccccc2)NC(=O)CN(C)C1=O. The fourth-order valence-electron chi connectivity index (χ4n) is 5.98. The summed E-state index contributed by atoms with van der Waals surface area (Å²) in [6, 6.07) is 13.4. The van der Waals surface area contributed by atoms with Crippen molar-refractivity contribution >= 4 is 35.4 Å². The number of para-hydroxylation sites is 1. The van der Waals surface area contributed by atoms with E-state index in [2.05, 4.69) is 21.3 Å². The zero-order chi connectivity index (χ0) is 35.3. The van der Waals surface area contributed by atoms with Crippen LogP contribution in [0.2, 0.25) is 0 Å². The molecule has 0 aromatic heterocycles. The number of carbonyl (C=O) groups is 6. The summed E-state index contributed by atoms with van der Waals surface area (Å²) in [5.41, 5.74) is 1.10. The molecule has 0 saturated carbocycles. The Hall–Kier alpha value is -4.94. The van der Waals surface area contributed by atoms with Crippen LogP contribution in [0.3, 0.4) is 0 Å². The smallest absolute Gasteiger partial charge is 0.255 e. The molecule has 264 valence electrons. The Morgan fingerprint density at radius 1 is 0.959 bits per heavy atom. The average molecular weight is 677 g/mol. The quantitative estimate of drug-likeness (QED) is 0.292. The highest BCUT2D eigenvalue weighted by atomic mass is 16.5. The fourth-order valence-corrected chi connectivity index (χ4v) is 5.98. The zero-order valence-electron chi connectivity index (χ0n) is 28.5. The van der Waals surface area contributed by atoms with Crippen LogP contribution in [-0.2, 0) is 30.4 Å². The molecule has 6 amide bonds. The second-order valence-corrected chi connectivity index (χ2v) is 13.1. The maximum atomic E-state index is 13.7. The molecule has 0 spiro atoms. The summed E-state index contributed by atoms with van der Waals surface area (Å²) in [5.74, 6) is -2.33. The Morgan fingerprint density at radius 2 is 1.69 bits per heavy atom. The molecule has 1 saturated heterocycles. The first kappa shape index (κ1) is 36.9. The number of nitrogens with one attached hydrogen (secondary N) is 4. The summed E-state index contributed by atoms with van der Waals surface area (Å²) < 4.78 is 6.11. The van der Waals surface area contributed by atoms with E-state index in [1.54, 1.807) is 29.2 Å². The molecular weight excluding hydrogens is 628 g/mol. The third-order valence-corrected chi connectivity index (χ3v) is 8.45. The van der Waals surface area contributed by atoms with Gasteiger partial charge < -0.3 is 35.8 Å². The zero-order valence-corrected chi connectivity index (χ0v) is 28.5. The van der Waals surface area contributed by atoms with Crippen molar-refractivity contribution in [2.45, 2.75) is 70.5 Å². The van der Waals surface area contributed by atoms with Gasteiger partial charge in [-0.15, -0.1) is 0 Å². The molecule has 4 N–H and O–H groups in total. The fraction of sp³-hybridized carbons (Fsp3) is 0.500. The van der Waals surface area contributed by atoms with Crippen molar-refractivity contribution < 1.29 is 33.5 Å². The number of carbonyl (C=O) groups excluding carboxylic acids is 6. The van der Waals surface area contributed by atoms with Crippen LogP contribution >= 0.6 is 0 Å². The highest BCUT2D eigenvalue weighted by molar-refractivity contribution is 6.01. The van der Waals surface area contributed by atoms with Crippen LogP contribution in [0.1, 0.15) is 61.9 Å². The summed E-state index contributed by atoms with van der Waals surface area (Å²) in [6.45, 7) is 5.01. The number of ether oxygens (including phenoxy) is 1. The van der Waals surface area contributed by atoms with E-state index in [4.69, 9.17) is 4.74 Å². The van der Waals surface area contributed by atoms with Gasteiger partial charge in [0.15, 0.2) is 0 Å². The molecule has 2 aliphatic heterocycles. The van der Waals surface area contributed by atoms with Gasteiger partial charge in [0.05, 0.1) is 24.6 Å². The Morgan fingerprint density at radius 3 is 2.41 bits per heavy atom. The van der Waals surface area contributed by atoms with Gasteiger partial charge in [0.25, 0.3) is 5.91 Å². The van der Waals surface area contributed by atoms with Crippen molar-refractivity contribution in [3.05, 3.63) is 65.7 Å². The minimum Gasteiger partial charge on any atom is -0.491 e. The summed E-state index contributed by atoms with van der Waals surface area (Å²) in [5, 5.41) is 11.2. The molecular formula is C36H48N6O7. The molecule has 0 bridgehead atoms. The summed E-state index contributed by atoms with van der Waals surface area (Å²) in [7, 11) is 1.50. The van der Waals surface area contributed by atoms with Crippen molar-refractivity contribution in [1.29, 1.82) is 0 Å². The Kier molecular flexibility index (Phi) is 13.5. The molecule has 0 aliphatic carbocycles. The summed E-state index contributed by atoms with van der Waals surface area (Å²) in [6.07, 6.45) is 2.14. The molecule has 13 nitrogen and oxygen atoms in total. The highest BCUT2D eigenvalue weighted by Gasteiger charge is 2.31. The molecule has 0 radical (unpaired) electrons. The first-order valence-electron chi connectivity index (χ1n) is 17.0. The Balaban J connectivity index is 1.58. The second kappa shape index (κ2) is 18.0. The molecule has 2 heterocycles. The molecule has 1 fully saturated rings. The van der Waals surface area contributed by atoms with Gasteiger partial charge in [-0.2, -0.15) is 0 Å². The van der Waals surface area contributed by atoms with Crippen LogP contribution in [-0.4, -0.2) is 103 Å². The number of nitrogens with zero attached hydrogens (tertiary/aromatic N) is 2. The molecule has 2 aromatic carbocycles. The van der Waals surface area contributed by atoms with Crippen LogP contribution in [0.15, 0.2) is 54.6 Å². The molecule has 49 heavy (non-hydrogen) atoms. The number of hydrogen-bond donors (Lipinski definition) is 4. The predicted octanol–water partition coefficient (Wildman–Crippen LogP) is 1.41. The van der Waals surface area contributed by atoms with E-state index in [0.29, 0.717) is 38.8 Å². The van der Waals surface area contributed by atoms with Crippen LogP contribution in [0.5, 0.6) is 5.75 Å². The van der Waals surface area contributed by atoms with E-state index in [1.165, 1.54) is 11.9 Å². The largest absolute Gasteiger partial charge is 0.491 e. The van der Waals surface area contributed by atoms with Gasteiger partial charge in [-0.05, 0) is 49.3 Å². The van der Waals surface area contributed by atoms with Gasteiger partial charge >= 0.3 is 0 Å². The minimum absolute atomic E-state index is 0.0159. The van der Waals surface area contributed by atoms with Gasteiger partial charge in [0.2, 0.25) is 29.5 Å². The van der Waals surface area contributed by atoms with Crippen LogP contribution in [0.4, 0.5) is 0 Å². The molecule has 3 atom stereocenters. The van der Waals surface area contributed by atoms with Crippen LogP contribution in [0.25, 0.3) is 0 Å². The lowest BCUT2D eigenvalue weighted by Gasteiger charge is -2.27. The van der Waals surface area contributed by atoms with E-state index in [0.717, 1.165) is 12.0 Å². The number of benzene rings is 2. The maximum absolute atomic E-state index is 13.7. The molecule has 0 unspecified atom stereocenters. The third-order valence-electron chi connectivity index (χ3n) is 8.45. The monoisotopic (exact) mass is 676 g/mol. The number of fused-ring (bicyclic) bond motifs is 1. The topological polar surface area (TPSA) is 166 Å². The summed E-state index contributed by atoms with van der Waals surface area (Å²) >= 11 is 0. The van der Waals surface area contributed by atoms with Gasteiger partial charge in [0.1, 0.15) is 24.4 Å². The minimum atomic E-state index is -1.27. The van der Waals surface area contributed by atoms with Crippen molar-refractivity contribution in [2.75, 3.05) is 39.8 Å². The van der Waals surface area contributed by atoms with E-state index < -0.39 is 54.1 Å². The standard InChI is InChI=1S/C36H48N6O7/c1-24(2)19-29-36(48)41(3)22-32(44)38-26(20-25-11-5-4-6-12-25)23-49-30-14-8-7-13-27(30)34(46)40-28(21-31(43)39-29)35(47)37-16-10-18-42-17-9-15-33(42)45/h4-8,11-14,24,26,28-29H,9-10,15-23H2,1-3H3,(H,37,47)(H,38,44)(H,39,43)(H,40,46)/t26-,28+,29-/m1/s1. The van der Waals surface area contributed by atoms with Crippen LogP contribution in [0, 0.1) is 5.92 Å². The molecule has 4 rings (SSSR count). The maximum Gasteiger partial charge on any atom is 0.255 e. The molecule has 13 heteroatoms. The lowest BCUT2D eigenvalue weighted by atomic mass is 10.0. The third kappa shape index (κ3) is 11.3. The van der Waals surface area contributed by atoms with Crippen molar-refractivity contribution in [3.8, 4) is 5.75 Å². The first-order chi connectivity index (χ1) is 23.5. The lowest BCUT2D eigenvalue weighted by molar-refractivity contribution is -0.139. The van der Waals surface area contributed by atoms with Gasteiger partial charge in [-0.1, -0.05) is 56.3 Å². The van der Waals surface area contributed by atoms with E-state index >= 15 is 0 Å². The number of hydrogen-bond acceptors (Lipinski definition) is 7. The Labute approximate surface area is 287 Å². The van der Waals surface area contributed by atoms with Gasteiger partial charge in [-0.3, -0.25) is 28.8 Å². The number of likely N-dealkylation sites (N-methyl/N-ethyl adjacent to an activating group) is 1. The van der Waals surface area contributed by atoms with Crippen molar-refractivity contribution in [3.63, 3.8) is 0 Å². The molecule has 2 aliphatic rings. The highest BCUT2D eigenvalue weighted by Crippen LogP contribution is 2.20. The summed E-state index contributed by atoms with van der Waals surface area (Å²) in [4.78, 5) is 82.2. The first-order valence-corrected chi connectivity index (χ1v) is 17.0. The number of amides is 6. The van der Waals surface area contributed by atoms with Gasteiger partial charge in [0, 0.05) is 33.1 Å². The van der Waals surface area contributed by atoms with Crippen molar-refractivity contribution in [2.24, 2.45) is 5.92 Å². The number of rotatable bonds is 9. The average Bonchev–Trinajstić information content (AvgIpc) is 3.48. The Bertz CT molecular complexity index is 1480. The number of likely N-dealkylation sites (tertiary alicyclic amines) is 1.